The van der Waals surface area contributed by atoms with Crippen LogP contribution in [0.2, 0.25) is 0 Å². The van der Waals surface area contributed by atoms with E-state index in [4.69, 9.17) is 9.26 Å². The van der Waals surface area contributed by atoms with Gasteiger partial charge in [0.15, 0.2) is 11.5 Å². The van der Waals surface area contributed by atoms with Gasteiger partial charge in [-0.1, -0.05) is 43.1 Å². The average molecular weight is 766 g/mol. The van der Waals surface area contributed by atoms with Crippen molar-refractivity contribution in [2.45, 2.75) is 113 Å². The quantitative estimate of drug-likeness (QED) is 0.284. The molecule has 3 aromatic rings. The maximum Gasteiger partial charge on any atom is 0.274 e. The maximum absolute atomic E-state index is 14.7. The Kier molecular flexibility index (Phi) is 9.95. The number of carbonyl (C=O) groups is 4. The Labute approximate surface area is 311 Å². The zero-order valence-electron chi connectivity index (χ0n) is 30.4. The van der Waals surface area contributed by atoms with Crippen molar-refractivity contribution in [1.82, 2.24) is 35.4 Å². The van der Waals surface area contributed by atoms with Crippen molar-refractivity contribution in [2.24, 2.45) is 5.92 Å². The molecular formula is C37H44FN7O8S. The fourth-order valence-electron chi connectivity index (χ4n) is 7.15. The number of aromatic nitrogens is 3. The molecule has 17 heteroatoms. The summed E-state index contributed by atoms with van der Waals surface area (Å²) in [7, 11) is -4.02. The van der Waals surface area contributed by atoms with Crippen LogP contribution in [-0.2, 0) is 30.8 Å². The highest BCUT2D eigenvalue weighted by Gasteiger charge is 2.63. The first-order valence-corrected chi connectivity index (χ1v) is 19.9. The average Bonchev–Trinajstić information content (AvgIpc) is 3.91. The standard InChI is InChI=1S/C37H44FN7O8S/c1-4-23-17-28(43-53-23)31(46)40-27-13-9-7-5-6-8-11-22-19-37(22,35(49)44-54(50,51)36(3)15-16-36)42-32(47)29-18-24(20-45(29)34(27)48)52-33-21(2)39-26-14-10-12-25(38)30(26)41-33/h8,10-12,14,17,22,24,27,29H,4-7,9,13,15-16,18-20H2,1-3H3,(H,40,46)(H,42,47)(H,44,49)/t22-,24-,27+,29+,37-/m1/s1. The summed E-state index contributed by atoms with van der Waals surface area (Å²) in [6, 6.07) is 3.66. The van der Waals surface area contributed by atoms with E-state index in [1.54, 1.807) is 19.9 Å². The van der Waals surface area contributed by atoms with Crippen molar-refractivity contribution in [1.29, 1.82) is 0 Å². The lowest BCUT2D eigenvalue weighted by atomic mass is 10.0. The minimum atomic E-state index is -4.02. The zero-order chi connectivity index (χ0) is 38.4. The predicted molar refractivity (Wildman–Crippen MR) is 192 cm³/mol. The number of rotatable bonds is 8. The summed E-state index contributed by atoms with van der Waals surface area (Å²) in [6.45, 7) is 4.96. The number of ether oxygens (including phenoxy) is 1. The molecule has 2 aromatic heterocycles. The number of aryl methyl sites for hydroxylation is 2. The number of benzene rings is 1. The number of nitrogens with one attached hydrogen (secondary N) is 3. The Hall–Kier alpha value is -4.93. The third-order valence-corrected chi connectivity index (χ3v) is 13.1. The van der Waals surface area contributed by atoms with Gasteiger partial charge >= 0.3 is 0 Å². The Balaban J connectivity index is 1.20. The molecule has 3 fully saturated rings. The third-order valence-electron chi connectivity index (χ3n) is 11.0. The lowest BCUT2D eigenvalue weighted by molar-refractivity contribution is -0.141. The second kappa shape index (κ2) is 14.4. The number of hydrogen-bond donors (Lipinski definition) is 3. The fraction of sp³-hybridized carbons (Fsp3) is 0.541. The summed E-state index contributed by atoms with van der Waals surface area (Å²) in [6.07, 6.45) is 7.40. The van der Waals surface area contributed by atoms with Crippen molar-refractivity contribution in [3.05, 3.63) is 59.4 Å². The van der Waals surface area contributed by atoms with E-state index in [0.29, 0.717) is 49.1 Å². The van der Waals surface area contributed by atoms with Crippen LogP contribution in [0.15, 0.2) is 40.9 Å². The first-order valence-electron chi connectivity index (χ1n) is 18.5. The number of halogens is 1. The van der Waals surface area contributed by atoms with Gasteiger partial charge in [-0.25, -0.2) is 22.8 Å². The molecule has 2 aliphatic heterocycles. The van der Waals surface area contributed by atoms with Gasteiger partial charge < -0.3 is 24.8 Å². The van der Waals surface area contributed by atoms with Gasteiger partial charge in [-0.05, 0) is 64.5 Å². The Morgan fingerprint density at radius 3 is 2.70 bits per heavy atom. The largest absolute Gasteiger partial charge is 0.471 e. The topological polar surface area (TPSA) is 203 Å². The molecule has 15 nitrogen and oxygen atoms in total. The molecule has 1 saturated heterocycles. The van der Waals surface area contributed by atoms with Gasteiger partial charge in [-0.3, -0.25) is 23.9 Å². The first kappa shape index (κ1) is 37.4. The highest BCUT2D eigenvalue weighted by molar-refractivity contribution is 7.91. The SMILES string of the molecule is CCc1cc(C(=O)N[C@H]2CCCCCC=C[C@@H]3C[C@@]3(C(=O)NS(=O)(=O)C3(C)CC3)NC(=O)[C@@H]3C[C@@H](Oc4nc5c(F)cccc5nc4C)CN3C2=O)no1. The number of hydrogen-bond acceptors (Lipinski definition) is 11. The van der Waals surface area contributed by atoms with Crippen LogP contribution in [0.25, 0.3) is 11.0 Å². The van der Waals surface area contributed by atoms with E-state index in [1.807, 2.05) is 19.1 Å². The fourth-order valence-corrected chi connectivity index (χ4v) is 8.46. The molecule has 3 N–H and O–H groups in total. The van der Waals surface area contributed by atoms with E-state index < -0.39 is 73.9 Å². The van der Waals surface area contributed by atoms with Crippen LogP contribution < -0.4 is 20.1 Å². The van der Waals surface area contributed by atoms with Crippen LogP contribution in [0.1, 0.15) is 93.6 Å². The van der Waals surface area contributed by atoms with Crippen LogP contribution in [0.4, 0.5) is 4.39 Å². The van der Waals surface area contributed by atoms with Gasteiger partial charge in [0.25, 0.3) is 11.8 Å². The number of amides is 4. The van der Waals surface area contributed by atoms with Crippen LogP contribution in [0.3, 0.4) is 0 Å². The zero-order valence-corrected chi connectivity index (χ0v) is 31.2. The summed E-state index contributed by atoms with van der Waals surface area (Å²) in [5.74, 6) is -3.23. The van der Waals surface area contributed by atoms with Crippen molar-refractivity contribution < 1.29 is 41.2 Å². The summed E-state index contributed by atoms with van der Waals surface area (Å²) < 4.78 is 53.5. The monoisotopic (exact) mass is 765 g/mol. The lowest BCUT2D eigenvalue weighted by Gasteiger charge is -2.30. The predicted octanol–water partition coefficient (Wildman–Crippen LogP) is 3.17. The van der Waals surface area contributed by atoms with E-state index in [0.717, 1.165) is 12.8 Å². The summed E-state index contributed by atoms with van der Waals surface area (Å²) in [4.78, 5) is 66.1. The maximum atomic E-state index is 14.7. The molecule has 1 aromatic carbocycles. The minimum Gasteiger partial charge on any atom is -0.471 e. The Bertz CT molecular complexity index is 2140. The molecule has 4 amide bonds. The van der Waals surface area contributed by atoms with Crippen molar-refractivity contribution in [3.8, 4) is 5.88 Å². The molecule has 4 aliphatic rings. The minimum absolute atomic E-state index is 0.00239. The molecule has 288 valence electrons. The lowest BCUT2D eigenvalue weighted by Crippen LogP contribution is -2.58. The van der Waals surface area contributed by atoms with Gasteiger partial charge in [0.05, 0.1) is 16.8 Å². The molecule has 4 heterocycles. The van der Waals surface area contributed by atoms with Crippen molar-refractivity contribution >= 4 is 44.7 Å². The molecule has 0 bridgehead atoms. The Morgan fingerprint density at radius 1 is 1.17 bits per heavy atom. The normalized spacial score (nSPS) is 26.9. The number of nitrogens with zero attached hydrogens (tertiary/aromatic N) is 4. The number of sulfonamides is 1. The molecule has 5 atom stereocenters. The molecular weight excluding hydrogens is 722 g/mol. The second-order valence-electron chi connectivity index (χ2n) is 15.0. The van der Waals surface area contributed by atoms with E-state index in [9.17, 15) is 32.0 Å². The van der Waals surface area contributed by atoms with Crippen LogP contribution >= 0.6 is 0 Å². The Morgan fingerprint density at radius 2 is 1.96 bits per heavy atom. The van der Waals surface area contributed by atoms with E-state index in [2.05, 4.69) is 30.5 Å². The highest BCUT2D eigenvalue weighted by atomic mass is 32.2. The van der Waals surface area contributed by atoms with Crippen LogP contribution in [-0.4, -0.2) is 87.1 Å². The van der Waals surface area contributed by atoms with Gasteiger partial charge in [-0.2, -0.15) is 0 Å². The van der Waals surface area contributed by atoms with Gasteiger partial charge in [0.1, 0.15) is 40.7 Å². The van der Waals surface area contributed by atoms with Crippen LogP contribution in [0, 0.1) is 18.7 Å². The van der Waals surface area contributed by atoms with Crippen molar-refractivity contribution in [3.63, 3.8) is 0 Å². The first-order chi connectivity index (χ1) is 25.7. The smallest absolute Gasteiger partial charge is 0.274 e. The molecule has 0 spiro atoms. The van der Waals surface area contributed by atoms with E-state index in [-0.39, 0.29) is 42.9 Å². The number of para-hydroxylation sites is 1. The summed E-state index contributed by atoms with van der Waals surface area (Å²) in [5, 5.41) is 9.48. The van der Waals surface area contributed by atoms with Crippen molar-refractivity contribution in [2.75, 3.05) is 6.54 Å². The summed E-state index contributed by atoms with van der Waals surface area (Å²) in [5.41, 5.74) is -0.851. The summed E-state index contributed by atoms with van der Waals surface area (Å²) >= 11 is 0. The van der Waals surface area contributed by atoms with E-state index >= 15 is 0 Å². The van der Waals surface area contributed by atoms with Gasteiger partial charge in [0.2, 0.25) is 27.7 Å². The van der Waals surface area contributed by atoms with Gasteiger partial charge in [-0.15, -0.1) is 0 Å². The van der Waals surface area contributed by atoms with E-state index in [1.165, 1.54) is 23.1 Å². The molecule has 2 aliphatic carbocycles. The molecule has 2 saturated carbocycles. The third kappa shape index (κ3) is 7.29. The molecule has 0 unspecified atom stereocenters. The number of fused-ring (bicyclic) bond motifs is 3. The second-order valence-corrected chi connectivity index (χ2v) is 17.2. The molecule has 7 rings (SSSR count). The molecule has 54 heavy (non-hydrogen) atoms. The van der Waals surface area contributed by atoms with Crippen LogP contribution in [0.5, 0.6) is 5.88 Å². The highest BCUT2D eigenvalue weighted by Crippen LogP contribution is 2.47. The molecule has 0 radical (unpaired) electrons. The number of allylic oxidation sites excluding steroid dienone is 1. The van der Waals surface area contributed by atoms with Gasteiger partial charge in [0, 0.05) is 24.8 Å². The number of carbonyl (C=O) groups excluding carboxylic acids is 4.